The number of anilines is 1. The lowest BCUT2D eigenvalue weighted by atomic mass is 10.0. The molecule has 0 bridgehead atoms. The van der Waals surface area contributed by atoms with E-state index in [9.17, 15) is 28.3 Å². The minimum atomic E-state index is -4.90. The maximum Gasteiger partial charge on any atom is 0.573 e. The lowest BCUT2D eigenvalue weighted by Crippen LogP contribution is -2.43. The number of phenolic OH excluding ortho intramolecular Hbond substituents is 1. The fourth-order valence-corrected chi connectivity index (χ4v) is 3.75. The van der Waals surface area contributed by atoms with Crippen molar-refractivity contribution in [1.82, 2.24) is 15.1 Å². The average molecular weight is 465 g/mol. The molecule has 1 fully saturated rings. The van der Waals surface area contributed by atoms with Gasteiger partial charge in [-0.2, -0.15) is 5.26 Å². The molecule has 0 unspecified atom stereocenters. The zero-order chi connectivity index (χ0) is 24.2. The minimum absolute atomic E-state index is 0.0417. The first-order chi connectivity index (χ1) is 15.6. The van der Waals surface area contributed by atoms with Crippen molar-refractivity contribution in [1.29, 1.82) is 5.26 Å². The highest BCUT2D eigenvalue weighted by Crippen LogP contribution is 2.36. The SMILES string of the molecule is Cc1c(-c2ccc(OC(F)(F)F)cc2O)nnc(N[C@@H]2CCCN(CCC(=O)O)C2)c1C#N. The highest BCUT2D eigenvalue weighted by Gasteiger charge is 2.31. The number of aliphatic carboxylic acids is 1. The smallest absolute Gasteiger partial charge is 0.507 e. The molecule has 3 rings (SSSR count). The van der Waals surface area contributed by atoms with Crippen LogP contribution in [0.1, 0.15) is 30.4 Å². The number of ether oxygens (including phenoxy) is 1. The molecule has 0 aliphatic carbocycles. The quantitative estimate of drug-likeness (QED) is 0.564. The van der Waals surface area contributed by atoms with Crippen molar-refractivity contribution in [2.24, 2.45) is 0 Å². The van der Waals surface area contributed by atoms with Crippen molar-refractivity contribution in [3.8, 4) is 28.8 Å². The van der Waals surface area contributed by atoms with Gasteiger partial charge in [-0.15, -0.1) is 23.4 Å². The molecule has 0 spiro atoms. The van der Waals surface area contributed by atoms with Crippen LogP contribution in [0.4, 0.5) is 19.0 Å². The second-order valence-electron chi connectivity index (χ2n) is 7.66. The van der Waals surface area contributed by atoms with Crippen molar-refractivity contribution in [3.05, 3.63) is 29.3 Å². The van der Waals surface area contributed by atoms with Crippen LogP contribution in [0.2, 0.25) is 0 Å². The molecule has 33 heavy (non-hydrogen) atoms. The number of hydrogen-bond acceptors (Lipinski definition) is 8. The predicted molar refractivity (Wildman–Crippen MR) is 111 cm³/mol. The number of nitriles is 1. The zero-order valence-electron chi connectivity index (χ0n) is 17.7. The molecule has 1 aliphatic rings. The number of rotatable bonds is 7. The number of carbonyl (C=O) groups is 1. The number of likely N-dealkylation sites (tertiary alicyclic amines) is 1. The third kappa shape index (κ3) is 6.23. The van der Waals surface area contributed by atoms with Gasteiger partial charge in [0.05, 0.1) is 6.42 Å². The van der Waals surface area contributed by atoms with Gasteiger partial charge in [0.2, 0.25) is 0 Å². The van der Waals surface area contributed by atoms with Crippen molar-refractivity contribution < 1.29 is 32.9 Å². The number of carboxylic acid groups (broad SMARTS) is 1. The Morgan fingerprint density at radius 1 is 1.39 bits per heavy atom. The maximum atomic E-state index is 12.4. The molecule has 0 saturated carbocycles. The van der Waals surface area contributed by atoms with Gasteiger partial charge in [-0.25, -0.2) is 0 Å². The van der Waals surface area contributed by atoms with Crippen LogP contribution in [0, 0.1) is 18.3 Å². The number of carboxylic acids is 1. The molecule has 0 amide bonds. The Bertz CT molecular complexity index is 1070. The van der Waals surface area contributed by atoms with Crippen molar-refractivity contribution in [3.63, 3.8) is 0 Å². The maximum absolute atomic E-state index is 12.4. The molecule has 1 aromatic carbocycles. The molecule has 1 aliphatic heterocycles. The first-order valence-electron chi connectivity index (χ1n) is 10.1. The molecule has 1 atom stereocenters. The first-order valence-corrected chi connectivity index (χ1v) is 10.1. The van der Waals surface area contributed by atoms with Crippen molar-refractivity contribution in [2.75, 3.05) is 25.0 Å². The Morgan fingerprint density at radius 2 is 2.15 bits per heavy atom. The van der Waals surface area contributed by atoms with Crippen LogP contribution in [0.3, 0.4) is 0 Å². The summed E-state index contributed by atoms with van der Waals surface area (Å²) in [7, 11) is 0. The van der Waals surface area contributed by atoms with Gasteiger partial charge in [0.15, 0.2) is 5.82 Å². The average Bonchev–Trinajstić information content (AvgIpc) is 2.72. The highest BCUT2D eigenvalue weighted by atomic mass is 19.4. The molecular weight excluding hydrogens is 443 g/mol. The Morgan fingerprint density at radius 3 is 2.79 bits per heavy atom. The molecule has 1 aromatic heterocycles. The summed E-state index contributed by atoms with van der Waals surface area (Å²) < 4.78 is 41.0. The van der Waals surface area contributed by atoms with Gasteiger partial charge in [-0.1, -0.05) is 0 Å². The molecule has 2 aromatic rings. The van der Waals surface area contributed by atoms with Gasteiger partial charge < -0.3 is 25.2 Å². The monoisotopic (exact) mass is 465 g/mol. The number of halogens is 3. The summed E-state index contributed by atoms with van der Waals surface area (Å²) in [6.45, 7) is 3.40. The number of benzene rings is 1. The molecular formula is C21H22F3N5O4. The van der Waals surface area contributed by atoms with E-state index in [1.165, 1.54) is 6.07 Å². The molecule has 2 heterocycles. The van der Waals surface area contributed by atoms with Crippen LogP contribution in [0.15, 0.2) is 18.2 Å². The number of nitrogens with one attached hydrogen (secondary N) is 1. The lowest BCUT2D eigenvalue weighted by Gasteiger charge is -2.33. The summed E-state index contributed by atoms with van der Waals surface area (Å²) >= 11 is 0. The van der Waals surface area contributed by atoms with E-state index in [4.69, 9.17) is 5.11 Å². The topological polar surface area (TPSA) is 132 Å². The fraction of sp³-hybridized carbons (Fsp3) is 0.429. The van der Waals surface area contributed by atoms with E-state index in [2.05, 4.69) is 26.3 Å². The number of phenols is 1. The largest absolute Gasteiger partial charge is 0.573 e. The first kappa shape index (κ1) is 24.1. The Hall–Kier alpha value is -3.59. The van der Waals surface area contributed by atoms with E-state index in [-0.39, 0.29) is 35.1 Å². The summed E-state index contributed by atoms with van der Waals surface area (Å²) in [5.41, 5.74) is 0.848. The van der Waals surface area contributed by atoms with E-state index >= 15 is 0 Å². The van der Waals surface area contributed by atoms with Gasteiger partial charge in [0.1, 0.15) is 28.8 Å². The van der Waals surface area contributed by atoms with Gasteiger partial charge in [0.25, 0.3) is 0 Å². The molecule has 176 valence electrons. The summed E-state index contributed by atoms with van der Waals surface area (Å²) in [5.74, 6) is -1.70. The third-order valence-corrected chi connectivity index (χ3v) is 5.27. The molecule has 0 radical (unpaired) electrons. The van der Waals surface area contributed by atoms with Crippen molar-refractivity contribution in [2.45, 2.75) is 38.6 Å². The van der Waals surface area contributed by atoms with E-state index in [0.29, 0.717) is 18.7 Å². The van der Waals surface area contributed by atoms with Crippen LogP contribution in [0.25, 0.3) is 11.3 Å². The summed E-state index contributed by atoms with van der Waals surface area (Å²) in [6, 6.07) is 5.07. The number of hydrogen-bond donors (Lipinski definition) is 3. The van der Waals surface area contributed by atoms with Crippen LogP contribution < -0.4 is 10.1 Å². The molecule has 12 heteroatoms. The van der Waals surface area contributed by atoms with Gasteiger partial charge in [-0.3, -0.25) is 4.79 Å². The summed E-state index contributed by atoms with van der Waals surface area (Å²) in [6.07, 6.45) is -3.20. The highest BCUT2D eigenvalue weighted by molar-refractivity contribution is 5.74. The predicted octanol–water partition coefficient (Wildman–Crippen LogP) is 3.28. The normalized spacial score (nSPS) is 16.8. The van der Waals surface area contributed by atoms with E-state index in [0.717, 1.165) is 31.5 Å². The second-order valence-corrected chi connectivity index (χ2v) is 7.66. The fourth-order valence-electron chi connectivity index (χ4n) is 3.75. The zero-order valence-corrected chi connectivity index (χ0v) is 17.7. The lowest BCUT2D eigenvalue weighted by molar-refractivity contribution is -0.274. The van der Waals surface area contributed by atoms with E-state index < -0.39 is 23.8 Å². The molecule has 9 nitrogen and oxygen atoms in total. The van der Waals surface area contributed by atoms with Crippen LogP contribution >= 0.6 is 0 Å². The number of aromatic nitrogens is 2. The van der Waals surface area contributed by atoms with E-state index in [1.54, 1.807) is 6.92 Å². The van der Waals surface area contributed by atoms with Gasteiger partial charge in [-0.05, 0) is 44.0 Å². The van der Waals surface area contributed by atoms with Crippen LogP contribution in [-0.4, -0.2) is 63.3 Å². The van der Waals surface area contributed by atoms with Crippen LogP contribution in [0.5, 0.6) is 11.5 Å². The number of alkyl halides is 3. The number of piperidine rings is 1. The summed E-state index contributed by atoms with van der Waals surface area (Å²) in [5, 5.41) is 40.2. The Balaban J connectivity index is 1.81. The van der Waals surface area contributed by atoms with Crippen LogP contribution in [-0.2, 0) is 4.79 Å². The van der Waals surface area contributed by atoms with Gasteiger partial charge in [0, 0.05) is 30.8 Å². The van der Waals surface area contributed by atoms with E-state index in [1.807, 2.05) is 4.90 Å². The summed E-state index contributed by atoms with van der Waals surface area (Å²) in [4.78, 5) is 12.8. The molecule has 3 N–H and O–H groups in total. The standard InChI is InChI=1S/C21H22F3N5O4/c1-12-16(10-25)20(26-13-3-2-7-29(11-13)8-6-18(31)32)28-27-19(12)15-5-4-14(9-17(15)30)33-21(22,23)24/h4-5,9,13,30H,2-3,6-8,11H2,1H3,(H,26,28)(H,31,32)/t13-/m1/s1. The third-order valence-electron chi connectivity index (χ3n) is 5.27. The Labute approximate surface area is 187 Å². The molecule has 1 saturated heterocycles. The minimum Gasteiger partial charge on any atom is -0.507 e. The number of nitrogens with zero attached hydrogens (tertiary/aromatic N) is 4. The second kappa shape index (κ2) is 9.91. The van der Waals surface area contributed by atoms with Gasteiger partial charge >= 0.3 is 12.3 Å². The number of aromatic hydroxyl groups is 1. The van der Waals surface area contributed by atoms with Crippen molar-refractivity contribution >= 4 is 11.8 Å². The Kier molecular flexibility index (Phi) is 7.23.